The van der Waals surface area contributed by atoms with Crippen LogP contribution in [0.1, 0.15) is 131 Å². The summed E-state index contributed by atoms with van der Waals surface area (Å²) in [7, 11) is -13.6. The Kier molecular flexibility index (Phi) is 37.5. The van der Waals surface area contributed by atoms with Crippen molar-refractivity contribution in [1.29, 1.82) is 0 Å². The van der Waals surface area contributed by atoms with E-state index in [0.29, 0.717) is 32.9 Å². The number of nitrogens with one attached hydrogen (secondary N) is 11. The average Bonchev–Trinajstić information content (AvgIpc) is 1.25. The number of H-pyrrole nitrogens is 2. The minimum atomic E-state index is -4.61. The van der Waals surface area contributed by atoms with Crippen LogP contribution in [0.4, 0.5) is 0 Å². The van der Waals surface area contributed by atoms with Gasteiger partial charge in [-0.15, -0.1) is 0 Å². The molecular weight excluding hydrogens is 1930 g/mol. The molecule has 1 saturated heterocycles. The monoisotopic (exact) mass is 2050 g/mol. The number of hydrogen-bond donors (Lipinski definition) is 15. The van der Waals surface area contributed by atoms with E-state index >= 15 is 44.4 Å². The number of aromatic amines is 2. The van der Waals surface area contributed by atoms with Gasteiger partial charge in [-0.05, 0) is 111 Å². The maximum absolute atomic E-state index is 15.7. The lowest BCUT2D eigenvalue weighted by atomic mass is 9.85. The molecular formula is C92H120N20O22S6. The number of para-hydroxylation sites is 2. The number of hydrogen-bond acceptors (Lipinski definition) is 28. The summed E-state index contributed by atoms with van der Waals surface area (Å²) < 4.78 is 95.0. The molecule has 11 amide bonds. The number of thioether (sulfide) groups is 3. The number of ketones is 2. The van der Waals surface area contributed by atoms with Crippen molar-refractivity contribution < 1.29 is 103 Å². The molecule has 7 aromatic rings. The highest BCUT2D eigenvalue weighted by Crippen LogP contribution is 2.30. The summed E-state index contributed by atoms with van der Waals surface area (Å²) >= 11 is 2.75. The number of carbonyl (C=O) groups excluding carboxylic acids is 13. The minimum Gasteiger partial charge on any atom is -0.481 e. The number of nitrogens with zero attached hydrogens (tertiary/aromatic N) is 7. The molecule has 2 aromatic carbocycles. The number of aliphatic hydroxyl groups is 1. The Morgan fingerprint density at radius 3 is 1.44 bits per heavy atom. The Labute approximate surface area is 823 Å². The summed E-state index contributed by atoms with van der Waals surface area (Å²) in [6.45, 7) is 3.83. The van der Waals surface area contributed by atoms with Crippen LogP contribution in [0.15, 0.2) is 116 Å². The molecule has 9 heterocycles. The standard InChI is InChI=1S/C92H120N20O22S6/c1-52(2)80-91(127)103-71(39-79(117)118)86(122)97-42-78(116)101-69(35-56-40-95-67-24-8-6-22-65(56)67)87(123)107-81(53(3)4)92(128)112-28-14-26-74(112)90(126)104-72(83(94)119)50-136-30-33-139(131,132)110-45-61-18-11-16-59(98-61)43-109-44-60-17-12-20-63(99-60)47-111(48-64-21-13-19-62(46-110)100-64)140(133,134)34-31-137-51-73(89(125)102-70(88(124)106-80)36-57-41-96-68-25-9-7-23-66(57)68)105-84(120)55-15-10-27-75(113)82(77(115)37-55)108-85(121)58(38-76(114)54(5)93)49-135-29-32-138(109,129)130/h6-9,11-13,16-25,40-41,52-55,58,69-75,80-82,95-96,113H,10,14-15,26-39,42-51,93H2,1-5H3,(H2,94,119)(H,97,122)(H,101,116)(H,102,125)(H,103,127)(H,104,126)(H,105,120)(H,106,124)(H,107,123)(H,108,121)(H,117,118)/t54-,55+,58-,69-,70-,71-,72-,73-,74-,75+,80-,81-,82-/m0/s1. The fraction of sp³-hybridized carbons (Fsp3) is 0.511. The van der Waals surface area contributed by atoms with Crippen molar-refractivity contribution in [2.24, 2.45) is 35.1 Å². The SMILES string of the molecule is CC(C)[C@@H]1NC(=O)[C@H](Cc2c[nH]c3ccccc23)NC(=O)[C@@H]2CSCCS(=O)(=O)N3Cc4cccc(n4)CN(Cc4cccc(n4)CN(Cc4cccc(n4)C3)S(=O)(=O)CCSC[C@@H](C(N)=O)NC(=O)[C@@H]3CCCN3C(=O)[C@H](C(C)C)NC(=O)[C@H](Cc3c[nH]c4ccccc34)NC(=O)CNC(=O)[C@H](CC(=O)O)NC1=O)S(=O)(=O)CCSC[C@H](CC(=O)[C@H](C)N)C(=O)N[C@@H]1C(=O)C[C@@H](CCC[C@H]1O)C(=O)N2. The van der Waals surface area contributed by atoms with Gasteiger partial charge in [0.15, 0.2) is 5.78 Å². The first-order chi connectivity index (χ1) is 66.6. The highest BCUT2D eigenvalue weighted by Gasteiger charge is 2.44. The first kappa shape index (κ1) is 107. The third-order valence-electron chi connectivity index (χ3n) is 24.9. The maximum Gasteiger partial charge on any atom is 0.305 e. The Hall–Kier alpha value is -11.3. The van der Waals surface area contributed by atoms with E-state index in [9.17, 15) is 58.2 Å². The zero-order chi connectivity index (χ0) is 101. The normalized spacial score (nSPS) is 27.1. The average molecular weight is 2050 g/mol. The molecule has 12 rings (SSSR count). The first-order valence-corrected chi connectivity index (χ1v) is 54.5. The van der Waals surface area contributed by atoms with Crippen LogP contribution < -0.4 is 59.3 Å². The third-order valence-corrected chi connectivity index (χ3v) is 34.2. The van der Waals surface area contributed by atoms with E-state index in [2.05, 4.69) is 57.8 Å². The zero-order valence-corrected chi connectivity index (χ0v) is 82.9. The highest BCUT2D eigenvalue weighted by molar-refractivity contribution is 8.01. The van der Waals surface area contributed by atoms with Crippen molar-refractivity contribution >= 4 is 170 Å². The van der Waals surface area contributed by atoms with Crippen LogP contribution in [0.5, 0.6) is 0 Å². The number of sulfonamides is 3. The fourth-order valence-electron chi connectivity index (χ4n) is 17.1. The number of fused-ring (bicyclic) bond motifs is 15. The van der Waals surface area contributed by atoms with E-state index in [0.717, 1.165) is 48.2 Å². The van der Waals surface area contributed by atoms with Crippen LogP contribution in [-0.2, 0) is 149 Å². The van der Waals surface area contributed by atoms with Crippen LogP contribution in [0.25, 0.3) is 21.8 Å². The van der Waals surface area contributed by atoms with Gasteiger partial charge in [-0.3, -0.25) is 82.1 Å². The lowest BCUT2D eigenvalue weighted by Crippen LogP contribution is -2.61. The third kappa shape index (κ3) is 29.2. The number of pyridine rings is 3. The van der Waals surface area contributed by atoms with Crippen LogP contribution in [0, 0.1) is 23.7 Å². The number of carboxylic acid groups (broad SMARTS) is 1. The second-order valence-corrected chi connectivity index (χ2v) is 45.9. The molecule has 1 saturated carbocycles. The Balaban J connectivity index is 0.941. The summed E-state index contributed by atoms with van der Waals surface area (Å²) in [6.07, 6.45) is -1.05. The molecule has 12 bridgehead atoms. The number of aliphatic hydroxyl groups excluding tert-OH is 1. The number of rotatable bonds is 12. The summed E-state index contributed by atoms with van der Waals surface area (Å²) in [6, 6.07) is 12.2. The van der Waals surface area contributed by atoms with E-state index in [1.807, 2.05) is 0 Å². The van der Waals surface area contributed by atoms with Gasteiger partial charge in [0.1, 0.15) is 60.2 Å². The number of aromatic nitrogens is 5. The molecule has 4 aliphatic heterocycles. The van der Waals surface area contributed by atoms with Crippen molar-refractivity contribution in [3.05, 3.63) is 161 Å². The molecule has 756 valence electrons. The predicted octanol–water partition coefficient (Wildman–Crippen LogP) is 0.156. The Morgan fingerprint density at radius 2 is 0.957 bits per heavy atom. The van der Waals surface area contributed by atoms with Crippen LogP contribution in [-0.4, -0.2) is 292 Å². The minimum absolute atomic E-state index is 0.00174. The Morgan fingerprint density at radius 1 is 0.486 bits per heavy atom. The topological polar surface area (TPSA) is 625 Å². The molecule has 0 spiro atoms. The van der Waals surface area contributed by atoms with Crippen molar-refractivity contribution in [3.63, 3.8) is 0 Å². The maximum atomic E-state index is 15.7. The van der Waals surface area contributed by atoms with E-state index < -0.39 is 291 Å². The quantitative estimate of drug-likeness (QED) is 0.0774. The lowest BCUT2D eigenvalue weighted by molar-refractivity contribution is -0.143. The number of primary amides is 1. The van der Waals surface area contributed by atoms with E-state index in [1.54, 1.807) is 93.0 Å². The van der Waals surface area contributed by atoms with Crippen molar-refractivity contribution in [1.82, 2.24) is 90.6 Å². The summed E-state index contributed by atoms with van der Waals surface area (Å²) in [4.78, 5) is 226. The van der Waals surface area contributed by atoms with Gasteiger partial charge >= 0.3 is 5.97 Å². The van der Waals surface area contributed by atoms with E-state index in [-0.39, 0.29) is 114 Å². The molecule has 0 radical (unpaired) electrons. The number of aliphatic carboxylic acids is 1. The van der Waals surface area contributed by atoms with Gasteiger partial charge in [0.2, 0.25) is 95.0 Å². The lowest BCUT2D eigenvalue weighted by Gasteiger charge is -2.32. The van der Waals surface area contributed by atoms with Gasteiger partial charge in [0, 0.05) is 107 Å². The van der Waals surface area contributed by atoms with Crippen LogP contribution in [0.2, 0.25) is 0 Å². The number of carboxylic acids is 1. The summed E-state index contributed by atoms with van der Waals surface area (Å²) in [5, 5.41) is 46.7. The van der Waals surface area contributed by atoms with Gasteiger partial charge in [-0.2, -0.15) is 48.2 Å². The molecule has 5 aromatic heterocycles. The Bertz CT molecular complexity index is 6110. The molecule has 2 fully saturated rings. The molecule has 16 atom stereocenters. The second-order valence-electron chi connectivity index (χ2n) is 36.2. The zero-order valence-electron chi connectivity index (χ0n) is 78.0. The second kappa shape index (κ2) is 48.9. The summed E-state index contributed by atoms with van der Waals surface area (Å²) in [5.41, 5.74) is 14.9. The molecule has 17 N–H and O–H groups in total. The first-order valence-electron chi connectivity index (χ1n) is 46.2. The fourth-order valence-corrected chi connectivity index (χ4v) is 25.8. The van der Waals surface area contributed by atoms with Gasteiger partial charge in [0.25, 0.3) is 0 Å². The summed E-state index contributed by atoms with van der Waals surface area (Å²) in [5.74, 6) is -21.8. The predicted molar refractivity (Wildman–Crippen MR) is 522 cm³/mol. The number of nitrogens with two attached hydrogens (primary N) is 2. The molecule has 48 heteroatoms. The van der Waals surface area contributed by atoms with Crippen LogP contribution in [0.3, 0.4) is 0 Å². The van der Waals surface area contributed by atoms with Crippen molar-refractivity contribution in [2.75, 3.05) is 64.9 Å². The molecule has 3 unspecified atom stereocenters. The molecule has 1 aliphatic carbocycles. The molecule has 42 nitrogen and oxygen atoms in total. The van der Waals surface area contributed by atoms with Gasteiger partial charge in [-0.1, -0.05) is 82.3 Å². The number of Topliss-reactive ketones (excluding diaryl/α,β-unsaturated/α-hetero) is 2. The van der Waals surface area contributed by atoms with Crippen LogP contribution >= 0.6 is 35.3 Å². The molecule has 5 aliphatic rings. The molecule has 140 heavy (non-hydrogen) atoms. The largest absolute Gasteiger partial charge is 0.481 e. The number of benzene rings is 2. The van der Waals surface area contributed by atoms with E-state index in [1.165, 1.54) is 62.1 Å². The number of amides is 11. The van der Waals surface area contributed by atoms with Gasteiger partial charge < -0.3 is 84.4 Å². The van der Waals surface area contributed by atoms with Gasteiger partial charge in [0.05, 0.1) is 122 Å². The van der Waals surface area contributed by atoms with Crippen molar-refractivity contribution in [2.45, 2.75) is 205 Å². The van der Waals surface area contributed by atoms with Crippen molar-refractivity contribution in [3.8, 4) is 0 Å². The van der Waals surface area contributed by atoms with Gasteiger partial charge in [-0.25, -0.2) is 25.3 Å². The highest BCUT2D eigenvalue weighted by atomic mass is 32.2. The van der Waals surface area contributed by atoms with E-state index in [4.69, 9.17) is 26.4 Å². The smallest absolute Gasteiger partial charge is 0.305 e. The number of carbonyl (C=O) groups is 14.